The van der Waals surface area contributed by atoms with Crippen molar-refractivity contribution in [2.45, 2.75) is 53.6 Å². The molecule has 1 aliphatic heterocycles. The monoisotopic (exact) mass is 462 g/mol. The molecule has 0 bridgehead atoms. The molecular weight excluding hydrogens is 432 g/mol. The second-order valence-electron chi connectivity index (χ2n) is 9.05. The highest BCUT2D eigenvalue weighted by molar-refractivity contribution is 6.06. The van der Waals surface area contributed by atoms with Crippen LogP contribution in [0.25, 0.3) is 16.6 Å². The molecule has 0 saturated carbocycles. The van der Waals surface area contributed by atoms with Gasteiger partial charge in [0.2, 0.25) is 5.91 Å². The number of amides is 2. The molecule has 0 spiro atoms. The van der Waals surface area contributed by atoms with E-state index in [0.29, 0.717) is 47.4 Å². The Hall–Kier alpha value is -3.75. The number of hydrogen-bond donors (Lipinski definition) is 2. The van der Waals surface area contributed by atoms with Crippen LogP contribution in [-0.2, 0) is 11.3 Å². The Kier molecular flexibility index (Phi) is 6.37. The van der Waals surface area contributed by atoms with Gasteiger partial charge in [0.1, 0.15) is 0 Å². The standard InChI is InChI=1S/C25H30N6O3/c1-14(2)31-23-21(13-27-31)19(11-22(29-23)18-6-8-30(9-7-18)17(5)32)24(33)26-12-20-15(3)10-16(4)28-25(20)34/h6,10-11,13-14H,7-9,12H2,1-5H3,(H,26,33)(H,28,34). The van der Waals surface area contributed by atoms with Crippen molar-refractivity contribution in [2.24, 2.45) is 0 Å². The summed E-state index contributed by atoms with van der Waals surface area (Å²) < 4.78 is 1.80. The summed E-state index contributed by atoms with van der Waals surface area (Å²) in [6.45, 7) is 10.5. The van der Waals surface area contributed by atoms with E-state index in [-0.39, 0.29) is 30.0 Å². The predicted octanol–water partition coefficient (Wildman–Crippen LogP) is 2.88. The number of carbonyl (C=O) groups is 2. The maximum Gasteiger partial charge on any atom is 0.253 e. The van der Waals surface area contributed by atoms with Gasteiger partial charge in [0.25, 0.3) is 11.5 Å². The maximum absolute atomic E-state index is 13.3. The molecule has 34 heavy (non-hydrogen) atoms. The van der Waals surface area contributed by atoms with Crippen LogP contribution in [0.15, 0.2) is 29.2 Å². The molecule has 0 saturated heterocycles. The Bertz CT molecular complexity index is 1360. The van der Waals surface area contributed by atoms with E-state index in [1.54, 1.807) is 28.8 Å². The first kappa shape index (κ1) is 23.4. The third-order valence-corrected chi connectivity index (χ3v) is 6.20. The lowest BCUT2D eigenvalue weighted by Crippen LogP contribution is -2.32. The van der Waals surface area contributed by atoms with Crippen LogP contribution in [0.5, 0.6) is 0 Å². The van der Waals surface area contributed by atoms with Crippen molar-refractivity contribution in [3.63, 3.8) is 0 Å². The van der Waals surface area contributed by atoms with Gasteiger partial charge in [0.05, 0.1) is 22.8 Å². The second kappa shape index (κ2) is 9.24. The lowest BCUT2D eigenvalue weighted by atomic mass is 10.0. The number of nitrogens with zero attached hydrogens (tertiary/aromatic N) is 4. The van der Waals surface area contributed by atoms with Gasteiger partial charge in [0.15, 0.2) is 5.65 Å². The highest BCUT2D eigenvalue weighted by Gasteiger charge is 2.22. The highest BCUT2D eigenvalue weighted by Crippen LogP contribution is 2.27. The normalized spacial score (nSPS) is 13.9. The van der Waals surface area contributed by atoms with Crippen molar-refractivity contribution < 1.29 is 9.59 Å². The van der Waals surface area contributed by atoms with Crippen LogP contribution in [0, 0.1) is 13.8 Å². The van der Waals surface area contributed by atoms with Crippen LogP contribution in [0.4, 0.5) is 0 Å². The zero-order valence-electron chi connectivity index (χ0n) is 20.2. The fourth-order valence-corrected chi connectivity index (χ4v) is 4.30. The van der Waals surface area contributed by atoms with E-state index in [1.165, 1.54) is 0 Å². The molecule has 0 fully saturated rings. The Morgan fingerprint density at radius 2 is 2.00 bits per heavy atom. The molecule has 9 nitrogen and oxygen atoms in total. The molecule has 3 aromatic rings. The number of aryl methyl sites for hydroxylation is 2. The van der Waals surface area contributed by atoms with Crippen LogP contribution in [0.3, 0.4) is 0 Å². The minimum atomic E-state index is -0.293. The van der Waals surface area contributed by atoms with Gasteiger partial charge in [0, 0.05) is 43.9 Å². The smallest absolute Gasteiger partial charge is 0.253 e. The Balaban J connectivity index is 1.71. The Morgan fingerprint density at radius 3 is 2.62 bits per heavy atom. The highest BCUT2D eigenvalue weighted by atomic mass is 16.2. The number of H-pyrrole nitrogens is 1. The fourth-order valence-electron chi connectivity index (χ4n) is 4.30. The van der Waals surface area contributed by atoms with Crippen LogP contribution >= 0.6 is 0 Å². The van der Waals surface area contributed by atoms with E-state index >= 15 is 0 Å². The molecule has 4 rings (SSSR count). The molecular formula is C25H30N6O3. The topological polar surface area (TPSA) is 113 Å². The molecule has 9 heteroatoms. The molecule has 0 radical (unpaired) electrons. The Morgan fingerprint density at radius 1 is 1.24 bits per heavy atom. The zero-order valence-corrected chi connectivity index (χ0v) is 20.2. The van der Waals surface area contributed by atoms with Gasteiger partial charge in [-0.25, -0.2) is 9.67 Å². The summed E-state index contributed by atoms with van der Waals surface area (Å²) in [6.07, 6.45) is 4.32. The molecule has 1 aliphatic rings. The Labute approximate surface area is 197 Å². The first-order valence-corrected chi connectivity index (χ1v) is 11.5. The number of hydrogen-bond acceptors (Lipinski definition) is 5. The van der Waals surface area contributed by atoms with Crippen molar-refractivity contribution in [3.05, 3.63) is 62.8 Å². The minimum Gasteiger partial charge on any atom is -0.348 e. The summed E-state index contributed by atoms with van der Waals surface area (Å²) in [7, 11) is 0. The van der Waals surface area contributed by atoms with Crippen LogP contribution in [0.2, 0.25) is 0 Å². The molecule has 0 unspecified atom stereocenters. The molecule has 178 valence electrons. The van der Waals surface area contributed by atoms with Gasteiger partial charge in [-0.1, -0.05) is 6.08 Å². The number of fused-ring (bicyclic) bond motifs is 1. The van der Waals surface area contributed by atoms with Gasteiger partial charge in [-0.2, -0.15) is 5.10 Å². The van der Waals surface area contributed by atoms with E-state index in [9.17, 15) is 14.4 Å². The zero-order chi connectivity index (χ0) is 24.6. The lowest BCUT2D eigenvalue weighted by Gasteiger charge is -2.25. The first-order valence-electron chi connectivity index (χ1n) is 11.5. The first-order chi connectivity index (χ1) is 16.2. The van der Waals surface area contributed by atoms with E-state index in [4.69, 9.17) is 4.98 Å². The summed E-state index contributed by atoms with van der Waals surface area (Å²) in [4.78, 5) is 46.8. The number of nitrogens with one attached hydrogen (secondary N) is 2. The van der Waals surface area contributed by atoms with Gasteiger partial charge in [-0.3, -0.25) is 14.4 Å². The summed E-state index contributed by atoms with van der Waals surface area (Å²) in [6, 6.07) is 3.74. The van der Waals surface area contributed by atoms with Gasteiger partial charge < -0.3 is 15.2 Å². The SMILES string of the molecule is CC(=O)N1CC=C(c2cc(C(=O)NCc3c(C)cc(C)[nH]c3=O)c3cnn(C(C)C)c3n2)CC1. The maximum atomic E-state index is 13.3. The third kappa shape index (κ3) is 4.50. The number of carbonyl (C=O) groups excluding carboxylic acids is 2. The van der Waals surface area contributed by atoms with Crippen molar-refractivity contribution >= 4 is 28.4 Å². The summed E-state index contributed by atoms with van der Waals surface area (Å²) in [5.74, 6) is -0.254. The third-order valence-electron chi connectivity index (χ3n) is 6.20. The number of rotatable bonds is 5. The van der Waals surface area contributed by atoms with E-state index in [1.807, 2.05) is 39.8 Å². The summed E-state index contributed by atoms with van der Waals surface area (Å²) in [5.41, 5.74) is 4.73. The molecule has 0 atom stereocenters. The van der Waals surface area contributed by atoms with Crippen molar-refractivity contribution in [1.82, 2.24) is 30.0 Å². The van der Waals surface area contributed by atoms with E-state index in [2.05, 4.69) is 15.4 Å². The second-order valence-corrected chi connectivity index (χ2v) is 9.05. The summed E-state index contributed by atoms with van der Waals surface area (Å²) >= 11 is 0. The predicted molar refractivity (Wildman–Crippen MR) is 130 cm³/mol. The number of aromatic nitrogens is 4. The van der Waals surface area contributed by atoms with Crippen LogP contribution in [0.1, 0.15) is 66.1 Å². The van der Waals surface area contributed by atoms with Crippen molar-refractivity contribution in [3.8, 4) is 0 Å². The van der Waals surface area contributed by atoms with Crippen molar-refractivity contribution in [2.75, 3.05) is 13.1 Å². The minimum absolute atomic E-state index is 0.0399. The average Bonchev–Trinajstić information content (AvgIpc) is 3.22. The summed E-state index contributed by atoms with van der Waals surface area (Å²) in [5, 5.41) is 8.02. The van der Waals surface area contributed by atoms with Gasteiger partial charge in [-0.05, 0) is 57.4 Å². The average molecular weight is 463 g/mol. The largest absolute Gasteiger partial charge is 0.348 e. The number of aromatic amines is 1. The molecule has 0 aromatic carbocycles. The van der Waals surface area contributed by atoms with E-state index < -0.39 is 0 Å². The molecule has 2 N–H and O–H groups in total. The molecule has 0 aliphatic carbocycles. The van der Waals surface area contributed by atoms with Gasteiger partial charge in [-0.15, -0.1) is 0 Å². The lowest BCUT2D eigenvalue weighted by molar-refractivity contribution is -0.128. The van der Waals surface area contributed by atoms with Crippen LogP contribution < -0.4 is 10.9 Å². The van der Waals surface area contributed by atoms with Crippen molar-refractivity contribution in [1.29, 1.82) is 0 Å². The van der Waals surface area contributed by atoms with E-state index in [0.717, 1.165) is 16.8 Å². The van der Waals surface area contributed by atoms with Gasteiger partial charge >= 0.3 is 0 Å². The van der Waals surface area contributed by atoms with Crippen LogP contribution in [-0.4, -0.2) is 49.6 Å². The quantitative estimate of drug-likeness (QED) is 0.605. The molecule has 4 heterocycles. The molecule has 2 amide bonds. The fraction of sp³-hybridized carbons (Fsp3) is 0.400. The number of pyridine rings is 2. The molecule has 3 aromatic heterocycles.